The number of piperidine rings is 1. The van der Waals surface area contributed by atoms with Gasteiger partial charge in [0.1, 0.15) is 5.75 Å². The summed E-state index contributed by atoms with van der Waals surface area (Å²) in [5, 5.41) is 0. The van der Waals surface area contributed by atoms with E-state index >= 15 is 0 Å². The average Bonchev–Trinajstić information content (AvgIpc) is 2.42. The summed E-state index contributed by atoms with van der Waals surface area (Å²) in [6, 6.07) is 9.10. The van der Waals surface area contributed by atoms with Crippen molar-refractivity contribution in [3.8, 4) is 5.75 Å². The predicted octanol–water partition coefficient (Wildman–Crippen LogP) is 2.84. The van der Waals surface area contributed by atoms with Gasteiger partial charge in [-0.15, -0.1) is 0 Å². The Hall–Kier alpha value is -1.35. The van der Waals surface area contributed by atoms with Gasteiger partial charge in [-0.1, -0.05) is 6.92 Å². The molecule has 1 aromatic carbocycles. The fraction of sp³-hybridized carbons (Fsp3) is 0.562. The molecule has 104 valence electrons. The maximum Gasteiger partial charge on any atom is 0.118 e. The Morgan fingerprint density at radius 3 is 2.58 bits per heavy atom. The number of hydrogen-bond acceptors (Lipinski definition) is 3. The number of likely N-dealkylation sites (tertiary alicyclic amines) is 1. The third-order valence-corrected chi connectivity index (χ3v) is 4.10. The van der Waals surface area contributed by atoms with Gasteiger partial charge < -0.3 is 9.64 Å². The zero-order valence-electron chi connectivity index (χ0n) is 12.3. The summed E-state index contributed by atoms with van der Waals surface area (Å²) in [4.78, 5) is 7.20. The van der Waals surface area contributed by atoms with Gasteiger partial charge in [-0.25, -0.2) is 0 Å². The first-order valence-electron chi connectivity index (χ1n) is 6.97. The second-order valence-corrected chi connectivity index (χ2v) is 5.62. The predicted molar refractivity (Wildman–Crippen MR) is 80.2 cm³/mol. The number of rotatable bonds is 3. The Bertz CT molecular complexity index is 427. The van der Waals surface area contributed by atoms with Crippen molar-refractivity contribution < 1.29 is 4.74 Å². The van der Waals surface area contributed by atoms with Gasteiger partial charge in [-0.3, -0.25) is 4.99 Å². The summed E-state index contributed by atoms with van der Waals surface area (Å²) < 4.78 is 5.16. The minimum atomic E-state index is 0.438. The van der Waals surface area contributed by atoms with Crippen LogP contribution in [0.1, 0.15) is 25.8 Å². The van der Waals surface area contributed by atoms with Crippen LogP contribution < -0.4 is 4.74 Å². The minimum Gasteiger partial charge on any atom is -0.497 e. The molecule has 0 amide bonds. The molecule has 3 nitrogen and oxygen atoms in total. The zero-order valence-corrected chi connectivity index (χ0v) is 12.3. The van der Waals surface area contributed by atoms with Crippen LogP contribution in [-0.4, -0.2) is 43.9 Å². The Balaban J connectivity index is 2.00. The standard InChI is InChI=1S/C16H24N2O/c1-12-11-18(3)13(2)9-16(12)17-10-14-5-7-15(19-4)8-6-14/h5-8,10,12-13,16H,9,11H2,1-4H3/t12-,13+,16+/m0/s1. The van der Waals surface area contributed by atoms with Crippen molar-refractivity contribution in [2.24, 2.45) is 10.9 Å². The Kier molecular flexibility index (Phi) is 4.59. The number of aliphatic imine (C=N–C) groups is 1. The molecule has 19 heavy (non-hydrogen) atoms. The van der Waals surface area contributed by atoms with Crippen LogP contribution in [0.4, 0.5) is 0 Å². The molecule has 0 radical (unpaired) electrons. The van der Waals surface area contributed by atoms with E-state index in [-0.39, 0.29) is 0 Å². The summed E-state index contributed by atoms with van der Waals surface area (Å²) >= 11 is 0. The van der Waals surface area contributed by atoms with Crippen LogP contribution in [0.3, 0.4) is 0 Å². The first kappa shape index (κ1) is 14.1. The van der Waals surface area contributed by atoms with Crippen molar-refractivity contribution in [2.45, 2.75) is 32.4 Å². The maximum atomic E-state index is 5.16. The van der Waals surface area contributed by atoms with Gasteiger partial charge in [0.25, 0.3) is 0 Å². The van der Waals surface area contributed by atoms with Crippen LogP contribution in [-0.2, 0) is 0 Å². The highest BCUT2D eigenvalue weighted by Gasteiger charge is 2.27. The summed E-state index contributed by atoms with van der Waals surface area (Å²) in [7, 11) is 3.88. The molecule has 0 bridgehead atoms. The fourth-order valence-corrected chi connectivity index (χ4v) is 2.60. The van der Waals surface area contributed by atoms with Crippen molar-refractivity contribution in [1.29, 1.82) is 0 Å². The van der Waals surface area contributed by atoms with E-state index in [0.717, 1.165) is 24.3 Å². The normalized spacial score (nSPS) is 28.7. The highest BCUT2D eigenvalue weighted by molar-refractivity contribution is 5.79. The molecular formula is C16H24N2O. The Morgan fingerprint density at radius 1 is 1.26 bits per heavy atom. The highest BCUT2D eigenvalue weighted by Crippen LogP contribution is 2.23. The van der Waals surface area contributed by atoms with Gasteiger partial charge in [-0.05, 0) is 56.1 Å². The second-order valence-electron chi connectivity index (χ2n) is 5.62. The van der Waals surface area contributed by atoms with Crippen LogP contribution in [0.5, 0.6) is 5.75 Å². The van der Waals surface area contributed by atoms with Crippen LogP contribution in [0, 0.1) is 5.92 Å². The first-order valence-corrected chi connectivity index (χ1v) is 6.97. The lowest BCUT2D eigenvalue weighted by molar-refractivity contribution is 0.139. The molecule has 1 aromatic rings. The largest absolute Gasteiger partial charge is 0.497 e. The first-order chi connectivity index (χ1) is 9.10. The summed E-state index contributed by atoms with van der Waals surface area (Å²) in [5.41, 5.74) is 1.14. The molecule has 0 unspecified atom stereocenters. The van der Waals surface area contributed by atoms with E-state index in [2.05, 4.69) is 25.8 Å². The van der Waals surface area contributed by atoms with Crippen LogP contribution in [0.25, 0.3) is 0 Å². The minimum absolute atomic E-state index is 0.438. The Labute approximate surface area is 116 Å². The van der Waals surface area contributed by atoms with Gasteiger partial charge in [0.05, 0.1) is 13.2 Å². The molecule has 1 aliphatic heterocycles. The monoisotopic (exact) mass is 260 g/mol. The Morgan fingerprint density at radius 2 is 1.95 bits per heavy atom. The maximum absolute atomic E-state index is 5.16. The third-order valence-electron chi connectivity index (χ3n) is 4.10. The van der Waals surface area contributed by atoms with Crippen molar-refractivity contribution in [1.82, 2.24) is 4.90 Å². The quantitative estimate of drug-likeness (QED) is 0.781. The van der Waals surface area contributed by atoms with Crippen LogP contribution in [0.15, 0.2) is 29.3 Å². The fourth-order valence-electron chi connectivity index (χ4n) is 2.60. The van der Waals surface area contributed by atoms with Crippen molar-refractivity contribution in [3.63, 3.8) is 0 Å². The second kappa shape index (κ2) is 6.20. The van der Waals surface area contributed by atoms with Crippen LogP contribution in [0.2, 0.25) is 0 Å². The topological polar surface area (TPSA) is 24.8 Å². The van der Waals surface area contributed by atoms with Gasteiger partial charge in [0.15, 0.2) is 0 Å². The van der Waals surface area contributed by atoms with Crippen molar-refractivity contribution in [3.05, 3.63) is 29.8 Å². The molecule has 0 spiro atoms. The lowest BCUT2D eigenvalue weighted by Crippen LogP contribution is -2.44. The molecule has 2 rings (SSSR count). The number of ether oxygens (including phenoxy) is 1. The molecular weight excluding hydrogens is 236 g/mol. The highest BCUT2D eigenvalue weighted by atomic mass is 16.5. The smallest absolute Gasteiger partial charge is 0.118 e. The molecule has 3 atom stereocenters. The van der Waals surface area contributed by atoms with E-state index in [0.29, 0.717) is 18.0 Å². The van der Waals surface area contributed by atoms with Crippen molar-refractivity contribution in [2.75, 3.05) is 20.7 Å². The molecule has 1 fully saturated rings. The molecule has 0 N–H and O–H groups in total. The van der Waals surface area contributed by atoms with Crippen LogP contribution >= 0.6 is 0 Å². The van der Waals surface area contributed by atoms with Gasteiger partial charge >= 0.3 is 0 Å². The summed E-state index contributed by atoms with van der Waals surface area (Å²) in [6.45, 7) is 5.70. The lowest BCUT2D eigenvalue weighted by Gasteiger charge is -2.37. The zero-order chi connectivity index (χ0) is 13.8. The van der Waals surface area contributed by atoms with Gasteiger partial charge in [0.2, 0.25) is 0 Å². The van der Waals surface area contributed by atoms with E-state index in [1.807, 2.05) is 30.5 Å². The van der Waals surface area contributed by atoms with E-state index in [1.54, 1.807) is 7.11 Å². The van der Waals surface area contributed by atoms with E-state index in [9.17, 15) is 0 Å². The van der Waals surface area contributed by atoms with Gasteiger partial charge in [-0.2, -0.15) is 0 Å². The van der Waals surface area contributed by atoms with Gasteiger partial charge in [0, 0.05) is 18.8 Å². The molecule has 3 heteroatoms. The van der Waals surface area contributed by atoms with E-state index in [1.165, 1.54) is 0 Å². The summed E-state index contributed by atoms with van der Waals surface area (Å²) in [5.74, 6) is 1.51. The number of nitrogens with zero attached hydrogens (tertiary/aromatic N) is 2. The van der Waals surface area contributed by atoms with Crippen molar-refractivity contribution >= 4 is 6.21 Å². The van der Waals surface area contributed by atoms with E-state index < -0.39 is 0 Å². The molecule has 1 saturated heterocycles. The molecule has 0 saturated carbocycles. The lowest BCUT2D eigenvalue weighted by atomic mass is 9.90. The SMILES string of the molecule is COc1ccc(C=N[C@@H]2C[C@@H](C)N(C)C[C@@H]2C)cc1. The number of benzene rings is 1. The molecule has 1 heterocycles. The summed E-state index contributed by atoms with van der Waals surface area (Å²) in [6.07, 6.45) is 3.14. The molecule has 0 aromatic heterocycles. The molecule has 0 aliphatic carbocycles. The number of methoxy groups -OCH3 is 1. The average molecular weight is 260 g/mol. The van der Waals surface area contributed by atoms with E-state index in [4.69, 9.17) is 9.73 Å². The third kappa shape index (κ3) is 3.57. The molecule has 1 aliphatic rings. The number of hydrogen-bond donors (Lipinski definition) is 0.